The lowest BCUT2D eigenvalue weighted by molar-refractivity contribution is 0.391. The molecule has 1 aromatic carbocycles. The topological polar surface area (TPSA) is 117 Å². The van der Waals surface area contributed by atoms with Gasteiger partial charge in [0.2, 0.25) is 11.7 Å². The summed E-state index contributed by atoms with van der Waals surface area (Å²) in [4.78, 5) is 12.4. The van der Waals surface area contributed by atoms with E-state index < -0.39 is 0 Å². The fraction of sp³-hybridized carbons (Fsp3) is 0.0769. The summed E-state index contributed by atoms with van der Waals surface area (Å²) in [6.45, 7) is 0. The van der Waals surface area contributed by atoms with Gasteiger partial charge in [-0.3, -0.25) is 0 Å². The quantitative estimate of drug-likeness (QED) is 0.552. The van der Waals surface area contributed by atoms with E-state index >= 15 is 0 Å². The molecule has 4 N–H and O–H groups in total. The molecule has 0 radical (unpaired) electrons. The Balaban J connectivity index is 1.72. The Morgan fingerprint density at radius 1 is 1.09 bits per heavy atom. The Morgan fingerprint density at radius 2 is 1.86 bits per heavy atom. The fourth-order valence-corrected chi connectivity index (χ4v) is 2.61. The van der Waals surface area contributed by atoms with Crippen molar-refractivity contribution >= 4 is 35.0 Å². The highest BCUT2D eigenvalue weighted by atomic mass is 35.5. The molecule has 7 nitrogen and oxygen atoms in total. The Morgan fingerprint density at radius 3 is 2.59 bits per heavy atom. The zero-order valence-electron chi connectivity index (χ0n) is 11.2. The third-order valence-corrected chi connectivity index (χ3v) is 3.69. The van der Waals surface area contributed by atoms with Crippen molar-refractivity contribution in [3.05, 3.63) is 41.2 Å². The van der Waals surface area contributed by atoms with Gasteiger partial charge in [-0.1, -0.05) is 40.7 Å². The number of aromatic nitrogens is 4. The normalized spacial score (nSPS) is 10.8. The molecule has 0 fully saturated rings. The van der Waals surface area contributed by atoms with E-state index in [0.29, 0.717) is 39.3 Å². The van der Waals surface area contributed by atoms with Crippen LogP contribution in [0.1, 0.15) is 5.89 Å². The molecule has 0 saturated heterocycles. The van der Waals surface area contributed by atoms with E-state index in [9.17, 15) is 0 Å². The van der Waals surface area contributed by atoms with Crippen LogP contribution in [-0.2, 0) is 5.75 Å². The Labute approximate surface area is 135 Å². The number of hydrogen-bond donors (Lipinski definition) is 2. The Hall–Kier alpha value is -2.32. The first-order valence-electron chi connectivity index (χ1n) is 6.21. The lowest BCUT2D eigenvalue weighted by Crippen LogP contribution is -1.99. The van der Waals surface area contributed by atoms with E-state index in [-0.39, 0.29) is 0 Å². The van der Waals surface area contributed by atoms with Gasteiger partial charge >= 0.3 is 0 Å². The van der Waals surface area contributed by atoms with Gasteiger partial charge in [-0.25, -0.2) is 9.97 Å². The largest absolute Gasteiger partial charge is 0.383 e. The molecule has 0 aliphatic heterocycles. The molecule has 3 aromatic rings. The number of hydrogen-bond acceptors (Lipinski definition) is 8. The Kier molecular flexibility index (Phi) is 4.12. The van der Waals surface area contributed by atoms with Crippen molar-refractivity contribution < 1.29 is 4.52 Å². The molecule has 0 atom stereocenters. The molecule has 22 heavy (non-hydrogen) atoms. The molecule has 2 aromatic heterocycles. The number of anilines is 2. The predicted molar refractivity (Wildman–Crippen MR) is 85.2 cm³/mol. The van der Waals surface area contributed by atoms with E-state index in [1.54, 1.807) is 12.1 Å². The molecule has 9 heteroatoms. The van der Waals surface area contributed by atoms with Crippen molar-refractivity contribution in [1.29, 1.82) is 0 Å². The molecule has 3 rings (SSSR count). The maximum absolute atomic E-state index is 5.94. The van der Waals surface area contributed by atoms with Gasteiger partial charge in [0.1, 0.15) is 11.6 Å². The van der Waals surface area contributed by atoms with Crippen molar-refractivity contribution in [2.24, 2.45) is 0 Å². The second kappa shape index (κ2) is 6.20. The number of benzene rings is 1. The number of nitrogens with two attached hydrogens (primary N) is 2. The van der Waals surface area contributed by atoms with E-state index in [1.165, 1.54) is 17.8 Å². The first-order valence-corrected chi connectivity index (χ1v) is 7.58. The molecule has 0 bridgehead atoms. The number of halogens is 1. The predicted octanol–water partition coefficient (Wildman–Crippen LogP) is 2.64. The third kappa shape index (κ3) is 3.46. The molecule has 0 aliphatic carbocycles. The number of thioether (sulfide) groups is 1. The summed E-state index contributed by atoms with van der Waals surface area (Å²) in [5, 5.41) is 5.00. The van der Waals surface area contributed by atoms with E-state index in [4.69, 9.17) is 27.6 Å². The Bertz CT molecular complexity index is 788. The standard InChI is InChI=1S/C13H11ClN6OS/c14-8-3-1-2-7(4-8)12-19-11(21-20-12)6-22-13-17-9(15)5-10(16)18-13/h1-5H,6H2,(H4,15,16,17,18). The molecule has 0 unspecified atom stereocenters. The van der Waals surface area contributed by atoms with Crippen molar-refractivity contribution in [3.63, 3.8) is 0 Å². The zero-order valence-corrected chi connectivity index (χ0v) is 12.8. The summed E-state index contributed by atoms with van der Waals surface area (Å²) in [5.74, 6) is 1.98. The maximum atomic E-state index is 5.94. The van der Waals surface area contributed by atoms with Crippen LogP contribution in [0, 0.1) is 0 Å². The summed E-state index contributed by atoms with van der Waals surface area (Å²) in [7, 11) is 0. The van der Waals surface area contributed by atoms with Crippen LogP contribution in [0.15, 0.2) is 40.0 Å². The molecular formula is C13H11ClN6OS. The molecular weight excluding hydrogens is 324 g/mol. The second-order valence-corrected chi connectivity index (χ2v) is 5.69. The minimum absolute atomic E-state index is 0.320. The van der Waals surface area contributed by atoms with Crippen LogP contribution >= 0.6 is 23.4 Å². The molecule has 0 aliphatic rings. The number of nitrogen functional groups attached to an aromatic ring is 2. The van der Waals surface area contributed by atoms with Crippen molar-refractivity contribution in [3.8, 4) is 11.4 Å². The van der Waals surface area contributed by atoms with Crippen molar-refractivity contribution in [2.75, 3.05) is 11.5 Å². The van der Waals surface area contributed by atoms with Gasteiger partial charge in [0.15, 0.2) is 5.16 Å². The van der Waals surface area contributed by atoms with Crippen LogP contribution in [-0.4, -0.2) is 20.1 Å². The van der Waals surface area contributed by atoms with Crippen molar-refractivity contribution in [1.82, 2.24) is 20.1 Å². The van der Waals surface area contributed by atoms with Crippen LogP contribution in [0.5, 0.6) is 0 Å². The van der Waals surface area contributed by atoms with Gasteiger partial charge in [-0.15, -0.1) is 0 Å². The highest BCUT2D eigenvalue weighted by Crippen LogP contribution is 2.23. The monoisotopic (exact) mass is 334 g/mol. The zero-order chi connectivity index (χ0) is 15.5. The lowest BCUT2D eigenvalue weighted by Gasteiger charge is -2.00. The van der Waals surface area contributed by atoms with Gasteiger partial charge in [-0.2, -0.15) is 4.98 Å². The second-order valence-electron chi connectivity index (χ2n) is 4.31. The number of rotatable bonds is 4. The van der Waals surface area contributed by atoms with E-state index in [1.807, 2.05) is 12.1 Å². The van der Waals surface area contributed by atoms with Crippen LogP contribution in [0.4, 0.5) is 11.6 Å². The smallest absolute Gasteiger partial charge is 0.237 e. The maximum Gasteiger partial charge on any atom is 0.237 e. The van der Waals surface area contributed by atoms with Crippen LogP contribution in [0.2, 0.25) is 5.02 Å². The molecule has 2 heterocycles. The van der Waals surface area contributed by atoms with Gasteiger partial charge in [0.05, 0.1) is 5.75 Å². The van der Waals surface area contributed by atoms with Gasteiger partial charge < -0.3 is 16.0 Å². The van der Waals surface area contributed by atoms with E-state index in [0.717, 1.165) is 5.56 Å². The summed E-state index contributed by atoms with van der Waals surface area (Å²) < 4.78 is 5.20. The SMILES string of the molecule is Nc1cc(N)nc(SCc2nc(-c3cccc(Cl)c3)no2)n1. The number of nitrogens with zero attached hydrogens (tertiary/aromatic N) is 4. The highest BCUT2D eigenvalue weighted by Gasteiger charge is 2.10. The summed E-state index contributed by atoms with van der Waals surface area (Å²) in [6, 6.07) is 8.73. The van der Waals surface area contributed by atoms with Gasteiger partial charge in [0.25, 0.3) is 0 Å². The molecule has 0 amide bonds. The third-order valence-electron chi connectivity index (χ3n) is 2.62. The highest BCUT2D eigenvalue weighted by molar-refractivity contribution is 7.98. The average molecular weight is 335 g/mol. The van der Waals surface area contributed by atoms with Crippen LogP contribution in [0.3, 0.4) is 0 Å². The lowest BCUT2D eigenvalue weighted by atomic mass is 10.2. The molecule has 112 valence electrons. The molecule has 0 spiro atoms. The van der Waals surface area contributed by atoms with Crippen molar-refractivity contribution in [2.45, 2.75) is 10.9 Å². The average Bonchev–Trinajstić information content (AvgIpc) is 2.93. The minimum atomic E-state index is 0.320. The van der Waals surface area contributed by atoms with Gasteiger partial charge in [-0.05, 0) is 12.1 Å². The molecule has 0 saturated carbocycles. The van der Waals surface area contributed by atoms with Crippen LogP contribution < -0.4 is 11.5 Å². The summed E-state index contributed by atoms with van der Waals surface area (Å²) in [6.07, 6.45) is 0. The van der Waals surface area contributed by atoms with E-state index in [2.05, 4.69) is 20.1 Å². The first kappa shape index (κ1) is 14.6. The minimum Gasteiger partial charge on any atom is -0.383 e. The van der Waals surface area contributed by atoms with Crippen LogP contribution in [0.25, 0.3) is 11.4 Å². The first-order chi connectivity index (χ1) is 10.6. The summed E-state index contributed by atoms with van der Waals surface area (Å²) in [5.41, 5.74) is 12.0. The van der Waals surface area contributed by atoms with Gasteiger partial charge in [0, 0.05) is 16.7 Å². The fourth-order valence-electron chi connectivity index (χ4n) is 1.71. The summed E-state index contributed by atoms with van der Waals surface area (Å²) >= 11 is 7.25.